The molecule has 1 unspecified atom stereocenters. The van der Waals surface area contributed by atoms with Crippen molar-refractivity contribution in [3.8, 4) is 0 Å². The molecule has 0 aliphatic carbocycles. The van der Waals surface area contributed by atoms with E-state index in [1.54, 1.807) is 0 Å². The van der Waals surface area contributed by atoms with Crippen LogP contribution in [0.15, 0.2) is 15.9 Å². The van der Waals surface area contributed by atoms with Gasteiger partial charge in [-0.25, -0.2) is 0 Å². The van der Waals surface area contributed by atoms with Crippen molar-refractivity contribution in [3.63, 3.8) is 0 Å². The van der Waals surface area contributed by atoms with Crippen LogP contribution < -0.4 is 0 Å². The molecular weight excluding hydrogens is 294 g/mol. The zero-order valence-corrected chi connectivity index (χ0v) is 13.2. The summed E-state index contributed by atoms with van der Waals surface area (Å²) in [5.74, 6) is 1.79. The minimum absolute atomic E-state index is 0.853. The Kier molecular flexibility index (Phi) is 5.07. The molecule has 96 valence electrons. The first-order chi connectivity index (χ1) is 8.15. The van der Waals surface area contributed by atoms with Crippen molar-refractivity contribution in [1.29, 1.82) is 0 Å². The quantitative estimate of drug-likeness (QED) is 0.776. The largest absolute Gasteiger partial charge is 0.298 e. The van der Waals surface area contributed by atoms with Crippen LogP contribution in [0, 0.1) is 11.8 Å². The molecule has 3 heteroatoms. The van der Waals surface area contributed by atoms with E-state index in [1.165, 1.54) is 41.0 Å². The Morgan fingerprint density at radius 2 is 2.18 bits per heavy atom. The van der Waals surface area contributed by atoms with Crippen LogP contribution in [0.25, 0.3) is 0 Å². The highest BCUT2D eigenvalue weighted by Gasteiger charge is 2.19. The Morgan fingerprint density at radius 1 is 1.35 bits per heavy atom. The molecular formula is C14H22BrNS. The maximum atomic E-state index is 3.54. The van der Waals surface area contributed by atoms with Crippen molar-refractivity contribution in [1.82, 2.24) is 4.90 Å². The van der Waals surface area contributed by atoms with E-state index < -0.39 is 0 Å². The summed E-state index contributed by atoms with van der Waals surface area (Å²) in [4.78, 5) is 4.11. The van der Waals surface area contributed by atoms with Gasteiger partial charge < -0.3 is 0 Å². The fourth-order valence-corrected chi connectivity index (χ4v) is 4.19. The summed E-state index contributed by atoms with van der Waals surface area (Å²) >= 11 is 5.41. The second-order valence-electron chi connectivity index (χ2n) is 5.42. The minimum atomic E-state index is 0.853. The number of nitrogens with zero attached hydrogens (tertiary/aromatic N) is 1. The monoisotopic (exact) mass is 315 g/mol. The van der Waals surface area contributed by atoms with Crippen molar-refractivity contribution < 1.29 is 0 Å². The van der Waals surface area contributed by atoms with E-state index in [0.29, 0.717) is 0 Å². The SMILES string of the molecule is CC(C)C1CCCN(Cc2ccc(Br)s2)CC1. The lowest BCUT2D eigenvalue weighted by Gasteiger charge is -2.20. The summed E-state index contributed by atoms with van der Waals surface area (Å²) in [6, 6.07) is 4.41. The Labute approximate surface area is 117 Å². The van der Waals surface area contributed by atoms with Crippen LogP contribution in [0.5, 0.6) is 0 Å². The van der Waals surface area contributed by atoms with Crippen molar-refractivity contribution >= 4 is 27.3 Å². The molecule has 2 rings (SSSR count). The molecule has 2 heterocycles. The third-order valence-corrected chi connectivity index (χ3v) is 5.42. The van der Waals surface area contributed by atoms with E-state index in [0.717, 1.165) is 18.4 Å². The molecule has 1 atom stereocenters. The van der Waals surface area contributed by atoms with E-state index in [-0.39, 0.29) is 0 Å². The van der Waals surface area contributed by atoms with E-state index in [9.17, 15) is 0 Å². The van der Waals surface area contributed by atoms with Crippen LogP contribution in [0.2, 0.25) is 0 Å². The fourth-order valence-electron chi connectivity index (χ4n) is 2.66. The van der Waals surface area contributed by atoms with Gasteiger partial charge in [-0.3, -0.25) is 4.90 Å². The highest BCUT2D eigenvalue weighted by atomic mass is 79.9. The van der Waals surface area contributed by atoms with Crippen molar-refractivity contribution in [2.75, 3.05) is 13.1 Å². The molecule has 1 aliphatic heterocycles. The third-order valence-electron chi connectivity index (χ3n) is 3.82. The van der Waals surface area contributed by atoms with Gasteiger partial charge in [-0.15, -0.1) is 11.3 Å². The van der Waals surface area contributed by atoms with Crippen molar-refractivity contribution in [2.24, 2.45) is 11.8 Å². The smallest absolute Gasteiger partial charge is 0.0701 e. The summed E-state index contributed by atoms with van der Waals surface area (Å²) in [6.07, 6.45) is 4.17. The van der Waals surface area contributed by atoms with Gasteiger partial charge in [-0.05, 0) is 72.3 Å². The van der Waals surface area contributed by atoms with Crippen LogP contribution in [0.3, 0.4) is 0 Å². The summed E-state index contributed by atoms with van der Waals surface area (Å²) < 4.78 is 1.25. The molecule has 0 saturated carbocycles. The average molecular weight is 316 g/mol. The van der Waals surface area contributed by atoms with Crippen molar-refractivity contribution in [2.45, 2.75) is 39.7 Å². The lowest BCUT2D eigenvalue weighted by atomic mass is 9.89. The Morgan fingerprint density at radius 3 is 2.82 bits per heavy atom. The number of likely N-dealkylation sites (tertiary alicyclic amines) is 1. The van der Waals surface area contributed by atoms with Crippen LogP contribution in [-0.2, 0) is 6.54 Å². The first-order valence-electron chi connectivity index (χ1n) is 6.61. The maximum Gasteiger partial charge on any atom is 0.0701 e. The van der Waals surface area contributed by atoms with Gasteiger partial charge in [-0.1, -0.05) is 13.8 Å². The van der Waals surface area contributed by atoms with Gasteiger partial charge in [-0.2, -0.15) is 0 Å². The Bertz CT molecular complexity index is 348. The molecule has 1 aliphatic rings. The molecule has 1 aromatic rings. The number of rotatable bonds is 3. The summed E-state index contributed by atoms with van der Waals surface area (Å²) in [5.41, 5.74) is 0. The van der Waals surface area contributed by atoms with Gasteiger partial charge in [0.2, 0.25) is 0 Å². The van der Waals surface area contributed by atoms with Crippen LogP contribution in [-0.4, -0.2) is 18.0 Å². The zero-order valence-electron chi connectivity index (χ0n) is 10.8. The minimum Gasteiger partial charge on any atom is -0.298 e. The molecule has 0 aromatic carbocycles. The topological polar surface area (TPSA) is 3.24 Å². The molecule has 1 saturated heterocycles. The van der Waals surface area contributed by atoms with Gasteiger partial charge >= 0.3 is 0 Å². The van der Waals surface area contributed by atoms with Gasteiger partial charge in [0.1, 0.15) is 0 Å². The van der Waals surface area contributed by atoms with Crippen molar-refractivity contribution in [3.05, 3.63) is 20.8 Å². The number of halogens is 1. The molecule has 1 fully saturated rings. The second-order valence-corrected chi connectivity index (χ2v) is 7.96. The van der Waals surface area contributed by atoms with Crippen LogP contribution >= 0.6 is 27.3 Å². The Balaban J connectivity index is 1.86. The highest BCUT2D eigenvalue weighted by Crippen LogP contribution is 2.27. The lowest BCUT2D eigenvalue weighted by Crippen LogP contribution is -2.24. The summed E-state index contributed by atoms with van der Waals surface area (Å²) in [5, 5.41) is 0. The van der Waals surface area contributed by atoms with Crippen LogP contribution in [0.1, 0.15) is 38.0 Å². The number of thiophene rings is 1. The zero-order chi connectivity index (χ0) is 12.3. The first-order valence-corrected chi connectivity index (χ1v) is 8.22. The van der Waals surface area contributed by atoms with E-state index >= 15 is 0 Å². The molecule has 0 N–H and O–H groups in total. The molecule has 0 radical (unpaired) electrons. The van der Waals surface area contributed by atoms with Gasteiger partial charge in [0, 0.05) is 11.4 Å². The Hall–Kier alpha value is 0.140. The second kappa shape index (κ2) is 6.35. The first kappa shape index (κ1) is 13.6. The third kappa shape index (κ3) is 4.08. The van der Waals surface area contributed by atoms with Gasteiger partial charge in [0.15, 0.2) is 0 Å². The standard InChI is InChI=1S/C14H22BrNS/c1-11(2)12-4-3-8-16(9-7-12)10-13-5-6-14(15)17-13/h5-6,11-12H,3-4,7-10H2,1-2H3. The maximum absolute atomic E-state index is 3.54. The predicted molar refractivity (Wildman–Crippen MR) is 79.5 cm³/mol. The molecule has 0 amide bonds. The number of hydrogen-bond donors (Lipinski definition) is 0. The van der Waals surface area contributed by atoms with Gasteiger partial charge in [0.05, 0.1) is 3.79 Å². The predicted octanol–water partition coefficient (Wildman–Crippen LogP) is 4.77. The van der Waals surface area contributed by atoms with Crippen LogP contribution in [0.4, 0.5) is 0 Å². The molecule has 17 heavy (non-hydrogen) atoms. The van der Waals surface area contributed by atoms with Gasteiger partial charge in [0.25, 0.3) is 0 Å². The normalized spacial score (nSPS) is 22.9. The highest BCUT2D eigenvalue weighted by molar-refractivity contribution is 9.11. The molecule has 0 spiro atoms. The lowest BCUT2D eigenvalue weighted by molar-refractivity contribution is 0.267. The number of hydrogen-bond acceptors (Lipinski definition) is 2. The summed E-state index contributed by atoms with van der Waals surface area (Å²) in [6.45, 7) is 8.44. The summed E-state index contributed by atoms with van der Waals surface area (Å²) in [7, 11) is 0. The molecule has 1 nitrogen and oxygen atoms in total. The fraction of sp³-hybridized carbons (Fsp3) is 0.714. The van der Waals surface area contributed by atoms with E-state index in [1.807, 2.05) is 11.3 Å². The molecule has 0 bridgehead atoms. The average Bonchev–Trinajstić information content (AvgIpc) is 2.54. The molecule has 1 aromatic heterocycles. The van der Waals surface area contributed by atoms with E-state index in [4.69, 9.17) is 0 Å². The van der Waals surface area contributed by atoms with E-state index in [2.05, 4.69) is 46.8 Å².